The first kappa shape index (κ1) is 15.7. The van der Waals surface area contributed by atoms with Gasteiger partial charge in [-0.25, -0.2) is 4.39 Å². The molecule has 0 amide bonds. The van der Waals surface area contributed by atoms with Crippen LogP contribution >= 0.6 is 11.8 Å². The third-order valence-electron chi connectivity index (χ3n) is 3.40. The van der Waals surface area contributed by atoms with Crippen LogP contribution < -0.4 is 0 Å². The Bertz CT molecular complexity index is 573. The molecule has 0 aliphatic carbocycles. The SMILES string of the molecule is O=C(O)CCCC1C(=O)SC(Cc2cccc(F)c2)C1=O. The normalized spacial score (nSPS) is 21.8. The number of rotatable bonds is 6. The Morgan fingerprint density at radius 3 is 2.76 bits per heavy atom. The smallest absolute Gasteiger partial charge is 0.303 e. The first-order chi connectivity index (χ1) is 9.97. The number of halogens is 1. The lowest BCUT2D eigenvalue weighted by atomic mass is 9.94. The van der Waals surface area contributed by atoms with Gasteiger partial charge in [-0.05, 0) is 37.0 Å². The predicted molar refractivity (Wildman–Crippen MR) is 76.5 cm³/mol. The fourth-order valence-electron chi connectivity index (χ4n) is 2.36. The van der Waals surface area contributed by atoms with Crippen LogP contribution in [-0.4, -0.2) is 27.2 Å². The van der Waals surface area contributed by atoms with E-state index >= 15 is 0 Å². The molecule has 21 heavy (non-hydrogen) atoms. The maximum atomic E-state index is 13.1. The summed E-state index contributed by atoms with van der Waals surface area (Å²) in [5.41, 5.74) is 0.680. The highest BCUT2D eigenvalue weighted by atomic mass is 32.2. The first-order valence-electron chi connectivity index (χ1n) is 6.68. The van der Waals surface area contributed by atoms with E-state index in [9.17, 15) is 18.8 Å². The number of benzene rings is 1. The molecule has 1 N–H and O–H groups in total. The maximum Gasteiger partial charge on any atom is 0.303 e. The second-order valence-electron chi connectivity index (χ2n) is 5.00. The lowest BCUT2D eigenvalue weighted by Gasteiger charge is -2.08. The Kier molecular flexibility index (Phi) is 5.12. The minimum Gasteiger partial charge on any atom is -0.481 e. The van der Waals surface area contributed by atoms with Crippen LogP contribution in [0.1, 0.15) is 24.8 Å². The third kappa shape index (κ3) is 4.14. The number of carboxylic acid groups (broad SMARTS) is 1. The molecular weight excluding hydrogens is 295 g/mol. The number of ketones is 1. The van der Waals surface area contributed by atoms with Gasteiger partial charge in [0.1, 0.15) is 5.82 Å². The summed E-state index contributed by atoms with van der Waals surface area (Å²) in [6.07, 6.45) is 0.861. The molecule has 2 atom stereocenters. The molecule has 6 heteroatoms. The second kappa shape index (κ2) is 6.85. The van der Waals surface area contributed by atoms with Crippen LogP contribution in [-0.2, 0) is 20.8 Å². The zero-order valence-corrected chi connectivity index (χ0v) is 12.1. The Balaban J connectivity index is 1.96. The molecule has 1 saturated heterocycles. The predicted octanol–water partition coefficient (Wildman–Crippen LogP) is 2.45. The quantitative estimate of drug-likeness (QED) is 0.817. The van der Waals surface area contributed by atoms with E-state index in [2.05, 4.69) is 0 Å². The highest BCUT2D eigenvalue weighted by molar-refractivity contribution is 8.15. The van der Waals surface area contributed by atoms with Crippen molar-refractivity contribution in [3.05, 3.63) is 35.6 Å². The van der Waals surface area contributed by atoms with E-state index in [4.69, 9.17) is 5.11 Å². The summed E-state index contributed by atoms with van der Waals surface area (Å²) >= 11 is 0.983. The van der Waals surface area contributed by atoms with Crippen molar-refractivity contribution in [1.29, 1.82) is 0 Å². The molecule has 2 unspecified atom stereocenters. The molecule has 112 valence electrons. The molecule has 4 nitrogen and oxygen atoms in total. The summed E-state index contributed by atoms with van der Waals surface area (Å²) in [6, 6.07) is 5.98. The molecular formula is C15H15FO4S. The van der Waals surface area contributed by atoms with E-state index in [1.54, 1.807) is 12.1 Å². The number of hydrogen-bond acceptors (Lipinski definition) is 4. The standard InChI is InChI=1S/C15H15FO4S/c16-10-4-1-3-9(7-10)8-12-14(19)11(15(20)21-12)5-2-6-13(17)18/h1,3-4,7,11-12H,2,5-6,8H2,(H,17,18). The number of aliphatic carboxylic acids is 1. The minimum absolute atomic E-state index is 0.0453. The average molecular weight is 310 g/mol. The number of thioether (sulfide) groups is 1. The van der Waals surface area contributed by atoms with Gasteiger partial charge in [0.15, 0.2) is 10.9 Å². The fraction of sp³-hybridized carbons (Fsp3) is 0.400. The zero-order chi connectivity index (χ0) is 15.4. The molecule has 1 heterocycles. The topological polar surface area (TPSA) is 71.4 Å². The van der Waals surface area contributed by atoms with Crippen molar-refractivity contribution in [3.63, 3.8) is 0 Å². The van der Waals surface area contributed by atoms with Crippen LogP contribution in [0.5, 0.6) is 0 Å². The van der Waals surface area contributed by atoms with E-state index in [-0.39, 0.29) is 29.6 Å². The van der Waals surface area contributed by atoms with Gasteiger partial charge >= 0.3 is 5.97 Å². The van der Waals surface area contributed by atoms with Gasteiger partial charge in [0, 0.05) is 6.42 Å². The van der Waals surface area contributed by atoms with Crippen LogP contribution in [0, 0.1) is 11.7 Å². The number of carbonyl (C=O) groups excluding carboxylic acids is 2. The van der Waals surface area contributed by atoms with Crippen molar-refractivity contribution in [2.45, 2.75) is 30.9 Å². The Morgan fingerprint density at radius 1 is 1.33 bits per heavy atom. The molecule has 1 aromatic rings. The summed E-state index contributed by atoms with van der Waals surface area (Å²) < 4.78 is 13.1. The number of carboxylic acids is 1. The summed E-state index contributed by atoms with van der Waals surface area (Å²) in [7, 11) is 0. The molecule has 1 fully saturated rings. The van der Waals surface area contributed by atoms with Gasteiger partial charge in [-0.1, -0.05) is 23.9 Å². The summed E-state index contributed by atoms with van der Waals surface area (Å²) in [4.78, 5) is 34.5. The van der Waals surface area contributed by atoms with Gasteiger partial charge in [0.2, 0.25) is 0 Å². The van der Waals surface area contributed by atoms with E-state index in [0.29, 0.717) is 18.4 Å². The van der Waals surface area contributed by atoms with Crippen molar-refractivity contribution >= 4 is 28.6 Å². The van der Waals surface area contributed by atoms with E-state index in [1.165, 1.54) is 12.1 Å². The van der Waals surface area contributed by atoms with Gasteiger partial charge in [-0.3, -0.25) is 14.4 Å². The lowest BCUT2D eigenvalue weighted by molar-refractivity contribution is -0.137. The summed E-state index contributed by atoms with van der Waals surface area (Å²) in [5, 5.41) is 7.89. The van der Waals surface area contributed by atoms with E-state index in [1.807, 2.05) is 0 Å². The highest BCUT2D eigenvalue weighted by Gasteiger charge is 2.41. The van der Waals surface area contributed by atoms with Crippen LogP contribution in [0.25, 0.3) is 0 Å². The molecule has 1 aliphatic heterocycles. The van der Waals surface area contributed by atoms with Gasteiger partial charge in [-0.15, -0.1) is 0 Å². The molecule has 0 radical (unpaired) electrons. The number of carbonyl (C=O) groups is 3. The maximum absolute atomic E-state index is 13.1. The monoisotopic (exact) mass is 310 g/mol. The highest BCUT2D eigenvalue weighted by Crippen LogP contribution is 2.34. The van der Waals surface area contributed by atoms with Crippen molar-refractivity contribution in [1.82, 2.24) is 0 Å². The van der Waals surface area contributed by atoms with Crippen molar-refractivity contribution in [2.24, 2.45) is 5.92 Å². The van der Waals surface area contributed by atoms with Crippen LogP contribution in [0.4, 0.5) is 4.39 Å². The van der Waals surface area contributed by atoms with Crippen LogP contribution in [0.2, 0.25) is 0 Å². The molecule has 0 bridgehead atoms. The fourth-order valence-corrected chi connectivity index (χ4v) is 3.59. The van der Waals surface area contributed by atoms with Crippen LogP contribution in [0.15, 0.2) is 24.3 Å². The minimum atomic E-state index is -0.933. The molecule has 2 rings (SSSR count). The summed E-state index contributed by atoms with van der Waals surface area (Å²) in [5.74, 6) is -2.18. The van der Waals surface area contributed by atoms with Crippen molar-refractivity contribution in [2.75, 3.05) is 0 Å². The lowest BCUT2D eigenvalue weighted by Crippen LogP contribution is -2.22. The van der Waals surface area contributed by atoms with Crippen molar-refractivity contribution < 1.29 is 23.9 Å². The van der Waals surface area contributed by atoms with Gasteiger partial charge in [0.25, 0.3) is 0 Å². The van der Waals surface area contributed by atoms with Crippen LogP contribution in [0.3, 0.4) is 0 Å². The van der Waals surface area contributed by atoms with Gasteiger partial charge in [0.05, 0.1) is 11.2 Å². The largest absolute Gasteiger partial charge is 0.481 e. The Morgan fingerprint density at radius 2 is 2.10 bits per heavy atom. The molecule has 0 spiro atoms. The van der Waals surface area contributed by atoms with Gasteiger partial charge in [-0.2, -0.15) is 0 Å². The molecule has 1 aliphatic rings. The first-order valence-corrected chi connectivity index (χ1v) is 7.56. The molecule has 0 saturated carbocycles. The Labute approximate surface area is 125 Å². The zero-order valence-electron chi connectivity index (χ0n) is 11.3. The third-order valence-corrected chi connectivity index (χ3v) is 4.60. The van der Waals surface area contributed by atoms with Gasteiger partial charge < -0.3 is 5.11 Å². The molecule has 0 aromatic heterocycles. The average Bonchev–Trinajstić information content (AvgIpc) is 2.66. The van der Waals surface area contributed by atoms with E-state index in [0.717, 1.165) is 11.8 Å². The second-order valence-corrected chi connectivity index (χ2v) is 6.21. The molecule has 1 aromatic carbocycles. The Hall–Kier alpha value is -1.69. The summed E-state index contributed by atoms with van der Waals surface area (Å²) in [6.45, 7) is 0. The van der Waals surface area contributed by atoms with Crippen molar-refractivity contribution in [3.8, 4) is 0 Å². The van der Waals surface area contributed by atoms with E-state index < -0.39 is 17.1 Å². The number of Topliss-reactive ketones (excluding diaryl/α,β-unsaturated/α-hetero) is 1. The number of hydrogen-bond donors (Lipinski definition) is 1.